The molecule has 0 aliphatic carbocycles. The van der Waals surface area contributed by atoms with E-state index in [-0.39, 0.29) is 16.2 Å². The number of ether oxygens (including phenoxy) is 1. The normalized spacial score (nSPS) is 17.7. The molecule has 38 heavy (non-hydrogen) atoms. The fraction of sp³-hybridized carbons (Fsp3) is 0.567. The predicted octanol–water partition coefficient (Wildman–Crippen LogP) is 6.59. The summed E-state index contributed by atoms with van der Waals surface area (Å²) in [6, 6.07) is 10.2. The number of thioether (sulfide) groups is 1. The second-order valence-electron chi connectivity index (χ2n) is 12.3. The smallest absolute Gasteiger partial charge is 0.174 e. The summed E-state index contributed by atoms with van der Waals surface area (Å²) >= 11 is 7.68. The van der Waals surface area contributed by atoms with Crippen LogP contribution in [0.2, 0.25) is 0 Å². The molecular weight excluding hydrogens is 516 g/mol. The molecule has 0 aromatic heterocycles. The Labute approximate surface area is 237 Å². The molecule has 0 amide bonds. The number of fused-ring (bicyclic) bond motifs is 1. The standard InChI is InChI=1S/C30H42N2O4S2/c1-29(2,3)23-15-21(16-24(27(23)33)30(4,5)6)28-32(26(37)19-38-28)12-8-11-31(7)13-14-34-22-10-9-20-18-35-36-25(20)17-22/h9-10,15-17,28,33H,8,11-14,18-19H2,1-7H3. The average molecular weight is 559 g/mol. The zero-order chi connectivity index (χ0) is 27.7. The van der Waals surface area contributed by atoms with Crippen molar-refractivity contribution in [2.75, 3.05) is 39.0 Å². The van der Waals surface area contributed by atoms with Crippen molar-refractivity contribution >= 4 is 29.0 Å². The molecule has 0 bridgehead atoms. The van der Waals surface area contributed by atoms with Crippen LogP contribution >= 0.6 is 24.0 Å². The minimum Gasteiger partial charge on any atom is -0.507 e. The third-order valence-electron chi connectivity index (χ3n) is 7.08. The highest BCUT2D eigenvalue weighted by atomic mass is 32.2. The molecule has 1 atom stereocenters. The second kappa shape index (κ2) is 11.6. The minimum absolute atomic E-state index is 0.153. The van der Waals surface area contributed by atoms with Crippen LogP contribution in [0.15, 0.2) is 30.3 Å². The molecule has 1 saturated heterocycles. The number of hydrogen-bond acceptors (Lipinski definition) is 7. The predicted molar refractivity (Wildman–Crippen MR) is 159 cm³/mol. The zero-order valence-electron chi connectivity index (χ0n) is 23.8. The van der Waals surface area contributed by atoms with Gasteiger partial charge in [0.25, 0.3) is 0 Å². The van der Waals surface area contributed by atoms with Gasteiger partial charge in [-0.2, -0.15) is 4.89 Å². The summed E-state index contributed by atoms with van der Waals surface area (Å²) in [5.74, 6) is 2.82. The molecule has 2 heterocycles. The molecule has 0 saturated carbocycles. The zero-order valence-corrected chi connectivity index (χ0v) is 25.4. The lowest BCUT2D eigenvalue weighted by atomic mass is 9.78. The Morgan fingerprint density at radius 3 is 2.42 bits per heavy atom. The van der Waals surface area contributed by atoms with Gasteiger partial charge in [0.1, 0.15) is 30.1 Å². The van der Waals surface area contributed by atoms with Crippen molar-refractivity contribution in [3.8, 4) is 17.2 Å². The molecule has 1 fully saturated rings. The van der Waals surface area contributed by atoms with Crippen molar-refractivity contribution in [2.45, 2.75) is 70.8 Å². The lowest BCUT2D eigenvalue weighted by molar-refractivity contribution is -0.194. The molecule has 1 unspecified atom stereocenters. The summed E-state index contributed by atoms with van der Waals surface area (Å²) < 4.78 is 5.93. The van der Waals surface area contributed by atoms with Gasteiger partial charge < -0.3 is 24.5 Å². The lowest BCUT2D eigenvalue weighted by Gasteiger charge is -2.32. The first-order valence-corrected chi connectivity index (χ1v) is 14.8. The van der Waals surface area contributed by atoms with Gasteiger partial charge in [-0.25, -0.2) is 0 Å². The van der Waals surface area contributed by atoms with Gasteiger partial charge in [0.2, 0.25) is 0 Å². The van der Waals surface area contributed by atoms with Crippen molar-refractivity contribution in [1.82, 2.24) is 9.80 Å². The molecule has 2 aromatic rings. The van der Waals surface area contributed by atoms with Crippen LogP contribution in [0.25, 0.3) is 0 Å². The molecule has 0 spiro atoms. The molecule has 208 valence electrons. The summed E-state index contributed by atoms with van der Waals surface area (Å²) in [4.78, 5) is 15.8. The van der Waals surface area contributed by atoms with Crippen molar-refractivity contribution in [3.63, 3.8) is 0 Å². The highest BCUT2D eigenvalue weighted by Gasteiger charge is 2.33. The Balaban J connectivity index is 1.35. The number of phenolic OH excluding ortho intramolecular Hbond substituents is 1. The number of benzene rings is 2. The number of likely N-dealkylation sites (N-methyl/N-ethyl adjacent to an activating group) is 1. The summed E-state index contributed by atoms with van der Waals surface area (Å²) in [5, 5.41) is 11.3. The number of thiocarbonyl (C=S) groups is 1. The van der Waals surface area contributed by atoms with E-state index < -0.39 is 0 Å². The van der Waals surface area contributed by atoms with Gasteiger partial charge in [-0.05, 0) is 71.8 Å². The van der Waals surface area contributed by atoms with E-state index in [1.807, 2.05) is 30.0 Å². The van der Waals surface area contributed by atoms with Gasteiger partial charge in [-0.3, -0.25) is 0 Å². The van der Waals surface area contributed by atoms with Crippen LogP contribution in [-0.2, 0) is 22.3 Å². The van der Waals surface area contributed by atoms with Gasteiger partial charge in [-0.15, -0.1) is 11.8 Å². The molecular formula is C30H42N2O4S2. The summed E-state index contributed by atoms with van der Waals surface area (Å²) in [5.41, 5.74) is 3.97. The first-order valence-electron chi connectivity index (χ1n) is 13.4. The van der Waals surface area contributed by atoms with Crippen LogP contribution in [0.3, 0.4) is 0 Å². The molecule has 4 rings (SSSR count). The molecule has 0 radical (unpaired) electrons. The maximum absolute atomic E-state index is 11.2. The summed E-state index contributed by atoms with van der Waals surface area (Å²) in [6.45, 7) is 16.8. The fourth-order valence-electron chi connectivity index (χ4n) is 4.83. The van der Waals surface area contributed by atoms with Crippen LogP contribution in [0.4, 0.5) is 0 Å². The van der Waals surface area contributed by atoms with E-state index in [0.29, 0.717) is 19.0 Å². The Hall–Kier alpha value is -2.00. The van der Waals surface area contributed by atoms with Gasteiger partial charge in [0.15, 0.2) is 5.75 Å². The van der Waals surface area contributed by atoms with Crippen LogP contribution < -0.4 is 9.62 Å². The Bertz CT molecular complexity index is 1120. The van der Waals surface area contributed by atoms with Gasteiger partial charge in [0, 0.05) is 30.5 Å². The van der Waals surface area contributed by atoms with Crippen molar-refractivity contribution in [1.29, 1.82) is 0 Å². The lowest BCUT2D eigenvalue weighted by Crippen LogP contribution is -2.32. The number of hydrogen-bond donors (Lipinski definition) is 1. The van der Waals surface area contributed by atoms with E-state index in [4.69, 9.17) is 26.7 Å². The van der Waals surface area contributed by atoms with E-state index in [2.05, 4.69) is 70.5 Å². The van der Waals surface area contributed by atoms with Gasteiger partial charge in [-0.1, -0.05) is 53.8 Å². The molecule has 8 heteroatoms. The topological polar surface area (TPSA) is 54.4 Å². The van der Waals surface area contributed by atoms with Gasteiger partial charge in [0.05, 0.1) is 4.99 Å². The highest BCUT2D eigenvalue weighted by molar-refractivity contribution is 8.02. The Kier molecular flexibility index (Phi) is 8.87. The third kappa shape index (κ3) is 6.76. The Morgan fingerprint density at radius 1 is 1.08 bits per heavy atom. The van der Waals surface area contributed by atoms with E-state index in [9.17, 15) is 5.11 Å². The van der Waals surface area contributed by atoms with Crippen LogP contribution in [-0.4, -0.2) is 58.9 Å². The largest absolute Gasteiger partial charge is 0.507 e. The van der Waals surface area contributed by atoms with E-state index in [1.165, 1.54) is 5.56 Å². The van der Waals surface area contributed by atoms with Crippen LogP contribution in [0.1, 0.15) is 75.6 Å². The summed E-state index contributed by atoms with van der Waals surface area (Å²) in [7, 11) is 2.13. The maximum atomic E-state index is 11.2. The first-order chi connectivity index (χ1) is 17.8. The summed E-state index contributed by atoms with van der Waals surface area (Å²) in [6.07, 6.45) is 1.01. The average Bonchev–Trinajstić information content (AvgIpc) is 3.44. The van der Waals surface area contributed by atoms with E-state index in [0.717, 1.165) is 65.0 Å². The molecule has 1 N–H and O–H groups in total. The molecule has 2 aliphatic heterocycles. The maximum Gasteiger partial charge on any atom is 0.174 e. The van der Waals surface area contributed by atoms with E-state index in [1.54, 1.807) is 0 Å². The van der Waals surface area contributed by atoms with Crippen molar-refractivity contribution in [3.05, 3.63) is 52.6 Å². The number of phenols is 1. The van der Waals surface area contributed by atoms with Crippen molar-refractivity contribution < 1.29 is 19.6 Å². The number of rotatable bonds is 9. The Morgan fingerprint density at radius 2 is 1.76 bits per heavy atom. The van der Waals surface area contributed by atoms with Crippen molar-refractivity contribution in [2.24, 2.45) is 0 Å². The van der Waals surface area contributed by atoms with Crippen LogP contribution in [0, 0.1) is 0 Å². The molecule has 2 aliphatic rings. The second-order valence-corrected chi connectivity index (χ2v) is 13.9. The third-order valence-corrected chi connectivity index (χ3v) is 8.93. The van der Waals surface area contributed by atoms with E-state index >= 15 is 0 Å². The minimum atomic E-state index is -0.153. The van der Waals surface area contributed by atoms with Crippen LogP contribution in [0.5, 0.6) is 17.2 Å². The highest BCUT2D eigenvalue weighted by Crippen LogP contribution is 2.46. The molecule has 2 aromatic carbocycles. The molecule has 6 nitrogen and oxygen atoms in total. The fourth-order valence-corrected chi connectivity index (χ4v) is 6.51. The number of nitrogens with zero attached hydrogens (tertiary/aromatic N) is 2. The quantitative estimate of drug-likeness (QED) is 0.273. The SMILES string of the molecule is CN(CCCN1C(=S)CSC1c1cc(C(C)(C)C)c(O)c(C(C)(C)C)c1)CCOc1ccc2c(c1)OOC2. The number of aromatic hydroxyl groups is 1. The van der Waals surface area contributed by atoms with Gasteiger partial charge >= 0.3 is 0 Å². The monoisotopic (exact) mass is 558 g/mol. The first kappa shape index (κ1) is 29.0.